The van der Waals surface area contributed by atoms with E-state index in [2.05, 4.69) is 15.3 Å². The zero-order chi connectivity index (χ0) is 17.6. The van der Waals surface area contributed by atoms with Crippen LogP contribution in [0.5, 0.6) is 11.5 Å². The molecule has 0 saturated carbocycles. The average Bonchev–Trinajstić information content (AvgIpc) is 3.07. The van der Waals surface area contributed by atoms with Gasteiger partial charge in [0, 0.05) is 32.4 Å². The number of hydrogen-bond acceptors (Lipinski definition) is 5. The number of methoxy groups -OCH3 is 1. The van der Waals surface area contributed by atoms with Crippen LogP contribution in [0.3, 0.4) is 0 Å². The first kappa shape index (κ1) is 17.1. The van der Waals surface area contributed by atoms with Crippen molar-refractivity contribution in [3.8, 4) is 11.5 Å². The average molecular weight is 344 g/mol. The summed E-state index contributed by atoms with van der Waals surface area (Å²) in [4.78, 5) is 14.5. The number of para-hydroxylation sites is 2. The van der Waals surface area contributed by atoms with Crippen molar-refractivity contribution in [1.82, 2.24) is 15.1 Å². The van der Waals surface area contributed by atoms with Crippen LogP contribution < -0.4 is 19.7 Å². The van der Waals surface area contributed by atoms with Gasteiger partial charge >= 0.3 is 0 Å². The minimum atomic E-state index is -0.121. The molecule has 25 heavy (non-hydrogen) atoms. The minimum Gasteiger partial charge on any atom is -0.493 e. The van der Waals surface area contributed by atoms with Crippen LogP contribution in [-0.4, -0.2) is 48.5 Å². The van der Waals surface area contributed by atoms with Crippen LogP contribution in [-0.2, 0) is 11.8 Å². The molecule has 2 heterocycles. The summed E-state index contributed by atoms with van der Waals surface area (Å²) in [5.74, 6) is 1.07. The maximum atomic E-state index is 12.2. The van der Waals surface area contributed by atoms with E-state index in [-0.39, 0.29) is 18.6 Å². The SMILES string of the molecule is COc1ccccc1OCC(=O)NC1CCCN(c2cnn(C)c2)C1. The van der Waals surface area contributed by atoms with Crippen LogP contribution in [0.2, 0.25) is 0 Å². The molecule has 7 nitrogen and oxygen atoms in total. The van der Waals surface area contributed by atoms with Crippen molar-refractivity contribution >= 4 is 11.6 Å². The van der Waals surface area contributed by atoms with Gasteiger partial charge in [0.25, 0.3) is 5.91 Å². The Labute approximate surface area is 147 Å². The second-order valence-corrected chi connectivity index (χ2v) is 6.16. The fourth-order valence-corrected chi connectivity index (χ4v) is 3.05. The van der Waals surface area contributed by atoms with Gasteiger partial charge in [-0.1, -0.05) is 12.1 Å². The number of ether oxygens (including phenoxy) is 2. The number of carbonyl (C=O) groups is 1. The van der Waals surface area contributed by atoms with E-state index >= 15 is 0 Å². The summed E-state index contributed by atoms with van der Waals surface area (Å²) in [5.41, 5.74) is 1.09. The predicted octanol–water partition coefficient (Wildman–Crippen LogP) is 1.59. The van der Waals surface area contributed by atoms with Gasteiger partial charge in [0.1, 0.15) is 0 Å². The Kier molecular flexibility index (Phi) is 5.42. The Morgan fingerprint density at radius 1 is 1.36 bits per heavy atom. The van der Waals surface area contributed by atoms with Crippen LogP contribution in [0.4, 0.5) is 5.69 Å². The summed E-state index contributed by atoms with van der Waals surface area (Å²) in [7, 11) is 3.49. The van der Waals surface area contributed by atoms with Crippen molar-refractivity contribution in [2.75, 3.05) is 31.7 Å². The van der Waals surface area contributed by atoms with Gasteiger partial charge in [-0.25, -0.2) is 0 Å². The highest BCUT2D eigenvalue weighted by atomic mass is 16.5. The number of piperidine rings is 1. The zero-order valence-electron chi connectivity index (χ0n) is 14.6. The maximum Gasteiger partial charge on any atom is 0.258 e. The Bertz CT molecular complexity index is 716. The number of rotatable bonds is 6. The maximum absolute atomic E-state index is 12.2. The number of carbonyl (C=O) groups excluding carboxylic acids is 1. The minimum absolute atomic E-state index is 0.0240. The van der Waals surface area contributed by atoms with Crippen LogP contribution in [0.25, 0.3) is 0 Å². The number of nitrogens with zero attached hydrogens (tertiary/aromatic N) is 3. The number of benzene rings is 1. The molecule has 1 fully saturated rings. The molecule has 1 unspecified atom stereocenters. The molecule has 1 atom stereocenters. The summed E-state index contributed by atoms with van der Waals surface area (Å²) in [6.07, 6.45) is 5.86. The van der Waals surface area contributed by atoms with E-state index < -0.39 is 0 Å². The zero-order valence-corrected chi connectivity index (χ0v) is 14.6. The highest BCUT2D eigenvalue weighted by Crippen LogP contribution is 2.25. The molecule has 0 aliphatic carbocycles. The van der Waals surface area contributed by atoms with Gasteiger partial charge in [0.15, 0.2) is 18.1 Å². The van der Waals surface area contributed by atoms with E-state index in [1.165, 1.54) is 0 Å². The summed E-state index contributed by atoms with van der Waals surface area (Å²) < 4.78 is 12.6. The first-order valence-corrected chi connectivity index (χ1v) is 8.44. The smallest absolute Gasteiger partial charge is 0.258 e. The van der Waals surface area contributed by atoms with Crippen LogP contribution >= 0.6 is 0 Å². The molecule has 3 rings (SSSR count). The molecule has 1 saturated heterocycles. The highest BCUT2D eigenvalue weighted by Gasteiger charge is 2.22. The lowest BCUT2D eigenvalue weighted by atomic mass is 10.1. The summed E-state index contributed by atoms with van der Waals surface area (Å²) in [6, 6.07) is 7.42. The second kappa shape index (κ2) is 7.92. The molecule has 1 aromatic heterocycles. The fraction of sp³-hybridized carbons (Fsp3) is 0.444. The molecule has 0 radical (unpaired) electrons. The number of nitrogens with one attached hydrogen (secondary N) is 1. The molecule has 7 heteroatoms. The van der Waals surface area contributed by atoms with E-state index in [4.69, 9.17) is 9.47 Å². The molecule has 0 bridgehead atoms. The van der Waals surface area contributed by atoms with Gasteiger partial charge in [0.2, 0.25) is 0 Å². The molecule has 134 valence electrons. The largest absolute Gasteiger partial charge is 0.493 e. The van der Waals surface area contributed by atoms with Crippen molar-refractivity contribution in [1.29, 1.82) is 0 Å². The summed E-state index contributed by atoms with van der Waals surface area (Å²) >= 11 is 0. The van der Waals surface area contributed by atoms with Crippen molar-refractivity contribution in [3.05, 3.63) is 36.7 Å². The molecule has 1 aliphatic heterocycles. The molecule has 1 amide bonds. The lowest BCUT2D eigenvalue weighted by Crippen LogP contribution is -2.48. The molecular weight excluding hydrogens is 320 g/mol. The number of hydrogen-bond donors (Lipinski definition) is 1. The van der Waals surface area contributed by atoms with Crippen LogP contribution in [0, 0.1) is 0 Å². The Morgan fingerprint density at radius 3 is 2.88 bits per heavy atom. The van der Waals surface area contributed by atoms with Gasteiger partial charge in [-0.2, -0.15) is 5.10 Å². The van der Waals surface area contributed by atoms with Crippen molar-refractivity contribution in [2.45, 2.75) is 18.9 Å². The molecule has 1 aliphatic rings. The van der Waals surface area contributed by atoms with Gasteiger partial charge < -0.3 is 19.7 Å². The second-order valence-electron chi connectivity index (χ2n) is 6.16. The molecule has 0 spiro atoms. The summed E-state index contributed by atoms with van der Waals surface area (Å²) in [5, 5.41) is 7.27. The highest BCUT2D eigenvalue weighted by molar-refractivity contribution is 5.78. The Morgan fingerprint density at radius 2 is 2.16 bits per heavy atom. The molecule has 1 aromatic carbocycles. The quantitative estimate of drug-likeness (QED) is 0.862. The van der Waals surface area contributed by atoms with Crippen LogP contribution in [0.15, 0.2) is 36.7 Å². The lowest BCUT2D eigenvalue weighted by Gasteiger charge is -2.33. The summed E-state index contributed by atoms with van der Waals surface area (Å²) in [6.45, 7) is 1.74. The first-order chi connectivity index (χ1) is 12.2. The molecule has 2 aromatic rings. The third-order valence-electron chi connectivity index (χ3n) is 4.27. The number of aromatic nitrogens is 2. The Balaban J connectivity index is 1.50. The predicted molar refractivity (Wildman–Crippen MR) is 95.1 cm³/mol. The lowest BCUT2D eigenvalue weighted by molar-refractivity contribution is -0.123. The number of aryl methyl sites for hydroxylation is 1. The van der Waals surface area contributed by atoms with E-state index in [1.807, 2.05) is 31.6 Å². The first-order valence-electron chi connectivity index (χ1n) is 8.44. The topological polar surface area (TPSA) is 68.6 Å². The van der Waals surface area contributed by atoms with Gasteiger partial charge in [-0.05, 0) is 25.0 Å². The van der Waals surface area contributed by atoms with Crippen LogP contribution in [0.1, 0.15) is 12.8 Å². The van der Waals surface area contributed by atoms with Gasteiger partial charge in [-0.15, -0.1) is 0 Å². The van der Waals surface area contributed by atoms with E-state index in [0.29, 0.717) is 11.5 Å². The fourth-order valence-electron chi connectivity index (χ4n) is 3.05. The molecule has 1 N–H and O–H groups in total. The standard InChI is InChI=1S/C18H24N4O3/c1-21-12-15(10-19-21)22-9-5-6-14(11-22)20-18(23)13-25-17-8-4-3-7-16(17)24-2/h3-4,7-8,10,12,14H,5-6,9,11,13H2,1-2H3,(H,20,23). The number of amides is 1. The van der Waals surface area contributed by atoms with E-state index in [0.717, 1.165) is 31.6 Å². The third-order valence-corrected chi connectivity index (χ3v) is 4.27. The van der Waals surface area contributed by atoms with Crippen molar-refractivity contribution in [3.63, 3.8) is 0 Å². The van der Waals surface area contributed by atoms with E-state index in [1.54, 1.807) is 23.9 Å². The van der Waals surface area contributed by atoms with Gasteiger partial charge in [-0.3, -0.25) is 9.48 Å². The monoisotopic (exact) mass is 344 g/mol. The third kappa shape index (κ3) is 4.43. The van der Waals surface area contributed by atoms with Crippen molar-refractivity contribution < 1.29 is 14.3 Å². The normalized spacial score (nSPS) is 17.2. The van der Waals surface area contributed by atoms with Crippen molar-refractivity contribution in [2.24, 2.45) is 7.05 Å². The number of anilines is 1. The Hall–Kier alpha value is -2.70. The van der Waals surface area contributed by atoms with Gasteiger partial charge in [0.05, 0.1) is 19.0 Å². The molecular formula is C18H24N4O3. The van der Waals surface area contributed by atoms with E-state index in [9.17, 15) is 4.79 Å².